The fourth-order valence-electron chi connectivity index (χ4n) is 3.16. The van der Waals surface area contributed by atoms with Crippen LogP contribution in [0.25, 0.3) is 5.65 Å². The number of nitro benzene ring substituents is 1. The number of nitro groups is 1. The Bertz CT molecular complexity index is 1030. The number of aryl methyl sites for hydroxylation is 3. The van der Waals surface area contributed by atoms with E-state index in [0.717, 1.165) is 28.3 Å². The fourth-order valence-corrected chi connectivity index (χ4v) is 3.16. The van der Waals surface area contributed by atoms with E-state index in [0.29, 0.717) is 12.0 Å². The van der Waals surface area contributed by atoms with Crippen LogP contribution in [0.4, 0.5) is 5.69 Å². The highest BCUT2D eigenvalue weighted by atomic mass is 16.6. The van der Waals surface area contributed by atoms with Crippen molar-refractivity contribution in [1.82, 2.24) is 19.9 Å². The van der Waals surface area contributed by atoms with E-state index < -0.39 is 4.92 Å². The number of hydrogen-bond acceptors (Lipinski definition) is 5. The summed E-state index contributed by atoms with van der Waals surface area (Å²) in [5, 5.41) is 18.2. The van der Waals surface area contributed by atoms with Gasteiger partial charge < -0.3 is 5.32 Å². The van der Waals surface area contributed by atoms with Gasteiger partial charge in [0.2, 0.25) is 5.91 Å². The summed E-state index contributed by atoms with van der Waals surface area (Å²) in [7, 11) is 0. The van der Waals surface area contributed by atoms with Crippen LogP contribution in [0.5, 0.6) is 0 Å². The van der Waals surface area contributed by atoms with Crippen molar-refractivity contribution in [3.8, 4) is 0 Å². The molecular formula is C19H21N5O3. The first-order valence-electron chi connectivity index (χ1n) is 8.68. The number of rotatable bonds is 6. The van der Waals surface area contributed by atoms with E-state index in [2.05, 4.69) is 15.4 Å². The first-order valence-corrected chi connectivity index (χ1v) is 8.68. The van der Waals surface area contributed by atoms with Gasteiger partial charge in [0.05, 0.1) is 10.6 Å². The van der Waals surface area contributed by atoms with Crippen molar-refractivity contribution >= 4 is 17.2 Å². The minimum Gasteiger partial charge on any atom is -0.352 e. The molecule has 2 aromatic heterocycles. The molecule has 0 unspecified atom stereocenters. The number of nitrogens with zero attached hydrogens (tertiary/aromatic N) is 4. The summed E-state index contributed by atoms with van der Waals surface area (Å²) in [4.78, 5) is 27.4. The van der Waals surface area contributed by atoms with E-state index in [1.807, 2.05) is 26.8 Å². The third-order valence-corrected chi connectivity index (χ3v) is 4.55. The number of para-hydroxylation sites is 1. The van der Waals surface area contributed by atoms with Crippen LogP contribution in [0.3, 0.4) is 0 Å². The number of benzene rings is 1. The number of amides is 1. The van der Waals surface area contributed by atoms with Crippen molar-refractivity contribution in [2.24, 2.45) is 0 Å². The molecule has 27 heavy (non-hydrogen) atoms. The summed E-state index contributed by atoms with van der Waals surface area (Å²) in [6.07, 6.45) is 0.804. The molecule has 0 spiro atoms. The van der Waals surface area contributed by atoms with Crippen LogP contribution in [0.15, 0.2) is 30.3 Å². The number of carbonyl (C=O) groups excluding carboxylic acids is 1. The summed E-state index contributed by atoms with van der Waals surface area (Å²) in [5.74, 6) is -0.163. The molecule has 8 heteroatoms. The highest BCUT2D eigenvalue weighted by Gasteiger charge is 2.15. The zero-order valence-corrected chi connectivity index (χ0v) is 15.5. The topological polar surface area (TPSA) is 102 Å². The van der Waals surface area contributed by atoms with E-state index in [4.69, 9.17) is 0 Å². The number of hydrogen-bond donors (Lipinski definition) is 1. The Morgan fingerprint density at radius 3 is 2.74 bits per heavy atom. The van der Waals surface area contributed by atoms with Crippen LogP contribution in [-0.4, -0.2) is 25.4 Å². The maximum Gasteiger partial charge on any atom is 0.274 e. The van der Waals surface area contributed by atoms with E-state index in [-0.39, 0.29) is 24.6 Å². The van der Waals surface area contributed by atoms with Crippen molar-refractivity contribution in [1.29, 1.82) is 0 Å². The Hall–Kier alpha value is -3.29. The van der Waals surface area contributed by atoms with E-state index >= 15 is 0 Å². The standard InChI is InChI=1S/C19H21N5O3/c1-12-10-18-21-13(2)16(14(3)23(18)22-12)8-9-19(25)20-11-15-6-4-5-7-17(15)24(26)27/h4-7,10H,8-9,11H2,1-3H3,(H,20,25). The molecular weight excluding hydrogens is 346 g/mol. The van der Waals surface area contributed by atoms with E-state index in [1.54, 1.807) is 22.7 Å². The molecule has 0 saturated heterocycles. The quantitative estimate of drug-likeness (QED) is 0.533. The Morgan fingerprint density at radius 2 is 2.00 bits per heavy atom. The molecule has 0 aliphatic heterocycles. The second-order valence-corrected chi connectivity index (χ2v) is 6.48. The van der Waals surface area contributed by atoms with Crippen molar-refractivity contribution in [2.75, 3.05) is 0 Å². The predicted octanol–water partition coefficient (Wildman–Crippen LogP) is 2.81. The van der Waals surface area contributed by atoms with Gasteiger partial charge in [-0.05, 0) is 32.8 Å². The van der Waals surface area contributed by atoms with Crippen molar-refractivity contribution < 1.29 is 9.72 Å². The number of nitrogens with one attached hydrogen (secondary N) is 1. The lowest BCUT2D eigenvalue weighted by molar-refractivity contribution is -0.385. The monoisotopic (exact) mass is 367 g/mol. The third-order valence-electron chi connectivity index (χ3n) is 4.55. The van der Waals surface area contributed by atoms with E-state index in [1.165, 1.54) is 6.07 Å². The maximum absolute atomic E-state index is 12.2. The predicted molar refractivity (Wildman–Crippen MR) is 100 cm³/mol. The fraction of sp³-hybridized carbons (Fsp3) is 0.316. The average molecular weight is 367 g/mol. The Morgan fingerprint density at radius 1 is 1.26 bits per heavy atom. The van der Waals surface area contributed by atoms with Gasteiger partial charge in [0, 0.05) is 42.0 Å². The van der Waals surface area contributed by atoms with Crippen LogP contribution in [0, 0.1) is 30.9 Å². The molecule has 0 saturated carbocycles. The molecule has 0 bridgehead atoms. The Labute approximate surface area is 156 Å². The molecule has 0 fully saturated rings. The summed E-state index contributed by atoms with van der Waals surface area (Å²) in [6.45, 7) is 5.94. The van der Waals surface area contributed by atoms with Gasteiger partial charge in [-0.2, -0.15) is 5.10 Å². The van der Waals surface area contributed by atoms with Crippen LogP contribution < -0.4 is 5.32 Å². The summed E-state index contributed by atoms with van der Waals surface area (Å²) in [5.41, 5.74) is 5.03. The van der Waals surface area contributed by atoms with Gasteiger partial charge in [-0.3, -0.25) is 14.9 Å². The summed E-state index contributed by atoms with van der Waals surface area (Å²) in [6, 6.07) is 8.32. The maximum atomic E-state index is 12.2. The van der Waals surface area contributed by atoms with Crippen molar-refractivity contribution in [2.45, 2.75) is 40.2 Å². The van der Waals surface area contributed by atoms with Gasteiger partial charge in [-0.15, -0.1) is 0 Å². The lowest BCUT2D eigenvalue weighted by atomic mass is 10.1. The van der Waals surface area contributed by atoms with Crippen LogP contribution in [-0.2, 0) is 17.8 Å². The molecule has 8 nitrogen and oxygen atoms in total. The second kappa shape index (κ2) is 7.53. The minimum atomic E-state index is -0.443. The molecule has 2 heterocycles. The van der Waals surface area contributed by atoms with Gasteiger partial charge in [-0.25, -0.2) is 9.50 Å². The van der Waals surface area contributed by atoms with Gasteiger partial charge in [0.25, 0.3) is 5.69 Å². The molecule has 1 aromatic carbocycles. The molecule has 1 N–H and O–H groups in total. The molecule has 0 radical (unpaired) electrons. The highest BCUT2D eigenvalue weighted by Crippen LogP contribution is 2.18. The first-order chi connectivity index (χ1) is 12.9. The van der Waals surface area contributed by atoms with Crippen LogP contribution >= 0.6 is 0 Å². The second-order valence-electron chi connectivity index (χ2n) is 6.48. The number of aromatic nitrogens is 3. The SMILES string of the molecule is Cc1cc2nc(C)c(CCC(=O)NCc3ccccc3[N+](=O)[O-])c(C)n2n1. The molecule has 0 aliphatic rings. The molecule has 3 rings (SSSR count). The van der Waals surface area contributed by atoms with Gasteiger partial charge in [0.15, 0.2) is 5.65 Å². The number of carbonyl (C=O) groups is 1. The lowest BCUT2D eigenvalue weighted by Crippen LogP contribution is -2.24. The molecule has 3 aromatic rings. The molecule has 140 valence electrons. The smallest absolute Gasteiger partial charge is 0.274 e. The summed E-state index contributed by atoms with van der Waals surface area (Å²) >= 11 is 0. The van der Waals surface area contributed by atoms with Gasteiger partial charge in [-0.1, -0.05) is 18.2 Å². The van der Waals surface area contributed by atoms with E-state index in [9.17, 15) is 14.9 Å². The molecule has 0 aliphatic carbocycles. The zero-order chi connectivity index (χ0) is 19.6. The lowest BCUT2D eigenvalue weighted by Gasteiger charge is -2.11. The zero-order valence-electron chi connectivity index (χ0n) is 15.5. The Kier molecular flexibility index (Phi) is 5.16. The summed E-state index contributed by atoms with van der Waals surface area (Å²) < 4.78 is 1.79. The van der Waals surface area contributed by atoms with Gasteiger partial charge in [0.1, 0.15) is 0 Å². The highest BCUT2D eigenvalue weighted by molar-refractivity contribution is 5.76. The molecule has 1 amide bonds. The van der Waals surface area contributed by atoms with Crippen LogP contribution in [0.2, 0.25) is 0 Å². The largest absolute Gasteiger partial charge is 0.352 e. The Balaban J connectivity index is 1.66. The van der Waals surface area contributed by atoms with Gasteiger partial charge >= 0.3 is 0 Å². The normalized spacial score (nSPS) is 10.9. The third kappa shape index (κ3) is 3.94. The molecule has 0 atom stereocenters. The average Bonchev–Trinajstić information content (AvgIpc) is 3.00. The van der Waals surface area contributed by atoms with Crippen LogP contribution in [0.1, 0.15) is 34.6 Å². The first kappa shape index (κ1) is 18.5. The minimum absolute atomic E-state index is 0.00759. The number of fused-ring (bicyclic) bond motifs is 1. The van der Waals surface area contributed by atoms with Crippen molar-refractivity contribution in [3.05, 3.63) is 68.7 Å². The van der Waals surface area contributed by atoms with Crippen molar-refractivity contribution in [3.63, 3.8) is 0 Å².